The summed E-state index contributed by atoms with van der Waals surface area (Å²) in [6, 6.07) is 2.23. The minimum absolute atomic E-state index is 0.0246. The van der Waals surface area contributed by atoms with Crippen LogP contribution < -0.4 is 4.52 Å². The van der Waals surface area contributed by atoms with E-state index in [0.29, 0.717) is 0 Å². The molecule has 0 aliphatic carbocycles. The molecule has 0 aliphatic rings. The van der Waals surface area contributed by atoms with Gasteiger partial charge in [-0.2, -0.15) is 0 Å². The molecular weight excluding hydrogens is 278 g/mol. The zero-order chi connectivity index (χ0) is 12.5. The lowest BCUT2D eigenvalue weighted by molar-refractivity contribution is 0.101. The highest BCUT2D eigenvalue weighted by Crippen LogP contribution is 2.40. The first-order valence-electron chi connectivity index (χ1n) is 3.96. The Kier molecular flexibility index (Phi) is 3.99. The van der Waals surface area contributed by atoms with Crippen LogP contribution in [0.1, 0.15) is 17.3 Å². The number of hydrogen-bond acceptors (Lipinski definition) is 3. The van der Waals surface area contributed by atoms with Gasteiger partial charge in [0.15, 0.2) is 5.78 Å². The van der Waals surface area contributed by atoms with E-state index in [1.165, 1.54) is 6.92 Å². The zero-order valence-electron chi connectivity index (χ0n) is 7.98. The highest BCUT2D eigenvalue weighted by molar-refractivity contribution is 7.46. The largest absolute Gasteiger partial charge is 0.524 e. The molecule has 0 aliphatic heterocycles. The van der Waals surface area contributed by atoms with Crippen LogP contribution in [0.3, 0.4) is 0 Å². The molecule has 0 radical (unpaired) electrons. The molecule has 0 saturated carbocycles. The third-order valence-electron chi connectivity index (χ3n) is 1.59. The van der Waals surface area contributed by atoms with Crippen LogP contribution in [0.15, 0.2) is 12.1 Å². The van der Waals surface area contributed by atoms with Crippen molar-refractivity contribution in [2.24, 2.45) is 0 Å². The lowest BCUT2D eigenvalue weighted by Gasteiger charge is -2.09. The van der Waals surface area contributed by atoms with E-state index in [1.54, 1.807) is 0 Å². The number of phosphoric acid groups is 1. The van der Waals surface area contributed by atoms with Crippen molar-refractivity contribution in [3.63, 3.8) is 0 Å². The van der Waals surface area contributed by atoms with Crippen molar-refractivity contribution in [2.45, 2.75) is 6.92 Å². The summed E-state index contributed by atoms with van der Waals surface area (Å²) >= 11 is 11.4. The van der Waals surface area contributed by atoms with E-state index in [-0.39, 0.29) is 27.1 Å². The third-order valence-corrected chi connectivity index (χ3v) is 2.64. The van der Waals surface area contributed by atoms with E-state index >= 15 is 0 Å². The quantitative estimate of drug-likeness (QED) is 0.658. The van der Waals surface area contributed by atoms with Crippen LogP contribution >= 0.6 is 31.0 Å². The molecule has 2 N–H and O–H groups in total. The van der Waals surface area contributed by atoms with Crippen molar-refractivity contribution in [2.75, 3.05) is 0 Å². The lowest BCUT2D eigenvalue weighted by Crippen LogP contribution is -1.97. The van der Waals surface area contributed by atoms with E-state index in [2.05, 4.69) is 4.52 Å². The van der Waals surface area contributed by atoms with Crippen LogP contribution in [0, 0.1) is 0 Å². The second kappa shape index (κ2) is 4.73. The van der Waals surface area contributed by atoms with Crippen molar-refractivity contribution >= 4 is 36.8 Å². The number of hydrogen-bond donors (Lipinski definition) is 2. The predicted octanol–water partition coefficient (Wildman–Crippen LogP) is 2.67. The van der Waals surface area contributed by atoms with Crippen molar-refractivity contribution in [1.82, 2.24) is 0 Å². The highest BCUT2D eigenvalue weighted by Gasteiger charge is 2.19. The summed E-state index contributed by atoms with van der Waals surface area (Å²) in [5.41, 5.74) is 0.0846. The minimum atomic E-state index is -4.67. The Balaban J connectivity index is 3.20. The van der Waals surface area contributed by atoms with Crippen LogP contribution in [0.25, 0.3) is 0 Å². The Labute approximate surface area is 101 Å². The Morgan fingerprint density at radius 3 is 2.06 bits per heavy atom. The molecule has 0 aromatic heterocycles. The Bertz CT molecular complexity index is 458. The van der Waals surface area contributed by atoms with Crippen molar-refractivity contribution in [3.05, 3.63) is 27.7 Å². The van der Waals surface area contributed by atoms with Gasteiger partial charge in [0.05, 0.1) is 15.6 Å². The number of phosphoric ester groups is 1. The van der Waals surface area contributed by atoms with Gasteiger partial charge in [-0.1, -0.05) is 23.2 Å². The van der Waals surface area contributed by atoms with Gasteiger partial charge in [0.2, 0.25) is 0 Å². The first-order chi connectivity index (χ1) is 7.20. The SMILES string of the molecule is CC(=O)c1c(Cl)cc(OP(=O)(O)O)cc1Cl. The summed E-state index contributed by atoms with van der Waals surface area (Å²) < 4.78 is 14.8. The van der Waals surface area contributed by atoms with Gasteiger partial charge < -0.3 is 4.52 Å². The Hall–Kier alpha value is -0.580. The zero-order valence-corrected chi connectivity index (χ0v) is 10.4. The molecule has 8 heteroatoms. The normalized spacial score (nSPS) is 11.3. The average Bonchev–Trinajstić information content (AvgIpc) is 1.96. The van der Waals surface area contributed by atoms with E-state index in [9.17, 15) is 9.36 Å². The van der Waals surface area contributed by atoms with Gasteiger partial charge in [-0.05, 0) is 6.92 Å². The van der Waals surface area contributed by atoms with Crippen LogP contribution in [-0.4, -0.2) is 15.6 Å². The Morgan fingerprint density at radius 1 is 1.31 bits per heavy atom. The third kappa shape index (κ3) is 3.47. The summed E-state index contributed by atoms with van der Waals surface area (Å²) in [7, 11) is -4.67. The van der Waals surface area contributed by atoms with Gasteiger partial charge in [-0.15, -0.1) is 0 Å². The summed E-state index contributed by atoms with van der Waals surface area (Å²) in [5, 5.41) is -0.0492. The standard InChI is InChI=1S/C8H7Cl2O5P/c1-4(11)8-6(9)2-5(3-7(8)10)15-16(12,13)14/h2-3H,1H3,(H2,12,13,14). The molecule has 0 saturated heterocycles. The fraction of sp³-hybridized carbons (Fsp3) is 0.125. The monoisotopic (exact) mass is 284 g/mol. The number of carbonyl (C=O) groups is 1. The summed E-state index contributed by atoms with van der Waals surface area (Å²) in [4.78, 5) is 28.3. The van der Waals surface area contributed by atoms with Gasteiger partial charge >= 0.3 is 7.82 Å². The van der Waals surface area contributed by atoms with Crippen LogP contribution in [0.4, 0.5) is 0 Å². The van der Waals surface area contributed by atoms with Gasteiger partial charge in [-0.3, -0.25) is 14.6 Å². The molecule has 0 unspecified atom stereocenters. The molecule has 1 aromatic rings. The maximum absolute atomic E-state index is 11.1. The highest BCUT2D eigenvalue weighted by atomic mass is 35.5. The van der Waals surface area contributed by atoms with E-state index in [0.717, 1.165) is 12.1 Å². The Morgan fingerprint density at radius 2 is 1.75 bits per heavy atom. The number of ketones is 1. The minimum Gasteiger partial charge on any atom is -0.404 e. The molecule has 0 bridgehead atoms. The van der Waals surface area contributed by atoms with E-state index in [4.69, 9.17) is 33.0 Å². The molecular formula is C8H7Cl2O5P. The van der Waals surface area contributed by atoms with Crippen molar-refractivity contribution < 1.29 is 23.7 Å². The van der Waals surface area contributed by atoms with Crippen molar-refractivity contribution in [1.29, 1.82) is 0 Å². The van der Waals surface area contributed by atoms with Crippen LogP contribution in [-0.2, 0) is 4.57 Å². The lowest BCUT2D eigenvalue weighted by atomic mass is 10.1. The maximum Gasteiger partial charge on any atom is 0.524 e. The number of rotatable bonds is 3. The first-order valence-corrected chi connectivity index (χ1v) is 6.24. The fourth-order valence-corrected chi connectivity index (χ4v) is 2.19. The second-order valence-electron chi connectivity index (χ2n) is 2.90. The van der Waals surface area contributed by atoms with Gasteiger partial charge in [0.1, 0.15) is 5.75 Å². The van der Waals surface area contributed by atoms with Crippen molar-refractivity contribution in [3.8, 4) is 5.75 Å². The van der Waals surface area contributed by atoms with Gasteiger partial charge in [-0.25, -0.2) is 4.57 Å². The second-order valence-corrected chi connectivity index (χ2v) is 4.88. The molecule has 5 nitrogen and oxygen atoms in total. The van der Waals surface area contributed by atoms with Crippen LogP contribution in [0.2, 0.25) is 10.0 Å². The number of Topliss-reactive ketones (excluding diaryl/α,β-unsaturated/α-hetero) is 1. The first kappa shape index (κ1) is 13.5. The van der Waals surface area contributed by atoms with E-state index < -0.39 is 7.82 Å². The fourth-order valence-electron chi connectivity index (χ4n) is 1.08. The number of carbonyl (C=O) groups excluding carboxylic acids is 1. The molecule has 0 fully saturated rings. The number of benzene rings is 1. The molecule has 88 valence electrons. The summed E-state index contributed by atoms with van der Waals surface area (Å²) in [5.74, 6) is -0.550. The molecule has 0 amide bonds. The summed E-state index contributed by atoms with van der Waals surface area (Å²) in [6.07, 6.45) is 0. The predicted molar refractivity (Wildman–Crippen MR) is 59.1 cm³/mol. The van der Waals surface area contributed by atoms with Crippen LogP contribution in [0.5, 0.6) is 5.75 Å². The topological polar surface area (TPSA) is 83.8 Å². The molecule has 0 spiro atoms. The number of halogens is 2. The summed E-state index contributed by atoms with van der Waals surface area (Å²) in [6.45, 7) is 1.27. The van der Waals surface area contributed by atoms with Gasteiger partial charge in [0, 0.05) is 12.1 Å². The maximum atomic E-state index is 11.1. The van der Waals surface area contributed by atoms with E-state index in [1.807, 2.05) is 0 Å². The molecule has 1 aromatic carbocycles. The molecule has 1 rings (SSSR count). The smallest absolute Gasteiger partial charge is 0.404 e. The molecule has 16 heavy (non-hydrogen) atoms. The molecule has 0 heterocycles. The molecule has 0 atom stereocenters. The van der Waals surface area contributed by atoms with Gasteiger partial charge in [0.25, 0.3) is 0 Å². The average molecular weight is 285 g/mol.